The van der Waals surface area contributed by atoms with Gasteiger partial charge in [0.15, 0.2) is 0 Å². The van der Waals surface area contributed by atoms with Gasteiger partial charge in [-0.05, 0) is 30.7 Å². The van der Waals surface area contributed by atoms with Crippen LogP contribution in [-0.4, -0.2) is 25.7 Å². The number of unbranched alkanes of at least 4 members (excludes halogenated alkanes) is 3. The summed E-state index contributed by atoms with van der Waals surface area (Å²) in [6, 6.07) is 6.57. The largest absolute Gasteiger partial charge is 0.497 e. The lowest BCUT2D eigenvalue weighted by Crippen LogP contribution is -2.07. The minimum absolute atomic E-state index is 0.372. The van der Waals surface area contributed by atoms with Crippen molar-refractivity contribution in [3.05, 3.63) is 36.4 Å². The lowest BCUT2D eigenvalue weighted by Gasteiger charge is -2.03. The molecule has 1 aromatic carbocycles. The molecule has 0 aromatic heterocycles. The molecular formula is C17H22O5. The summed E-state index contributed by atoms with van der Waals surface area (Å²) in [5.74, 6) is -0.123. The second-order valence-electron chi connectivity index (χ2n) is 4.66. The molecular weight excluding hydrogens is 284 g/mol. The molecule has 1 rings (SSSR count). The van der Waals surface area contributed by atoms with Gasteiger partial charge in [0, 0.05) is 12.2 Å². The van der Waals surface area contributed by atoms with E-state index in [1.54, 1.807) is 31.4 Å². The molecule has 5 nitrogen and oxygen atoms in total. The van der Waals surface area contributed by atoms with Crippen LogP contribution in [0.25, 0.3) is 0 Å². The Morgan fingerprint density at radius 1 is 0.955 bits per heavy atom. The van der Waals surface area contributed by atoms with E-state index in [2.05, 4.69) is 6.92 Å². The first-order chi connectivity index (χ1) is 10.7. The van der Waals surface area contributed by atoms with Gasteiger partial charge in [-0.3, -0.25) is 0 Å². The summed E-state index contributed by atoms with van der Waals surface area (Å²) < 4.78 is 15.0. The van der Waals surface area contributed by atoms with E-state index in [1.807, 2.05) is 0 Å². The molecule has 120 valence electrons. The van der Waals surface area contributed by atoms with E-state index >= 15 is 0 Å². The highest BCUT2D eigenvalue weighted by Crippen LogP contribution is 2.17. The fourth-order valence-corrected chi connectivity index (χ4v) is 1.68. The molecule has 0 atom stereocenters. The van der Waals surface area contributed by atoms with E-state index in [0.29, 0.717) is 18.1 Å². The van der Waals surface area contributed by atoms with E-state index < -0.39 is 11.9 Å². The predicted molar refractivity (Wildman–Crippen MR) is 82.9 cm³/mol. The number of ether oxygens (including phenoxy) is 3. The molecule has 0 aliphatic carbocycles. The molecule has 0 unspecified atom stereocenters. The predicted octanol–water partition coefficient (Wildman–Crippen LogP) is 3.28. The Morgan fingerprint density at radius 3 is 2.23 bits per heavy atom. The summed E-state index contributed by atoms with van der Waals surface area (Å²) in [5.41, 5.74) is 0. The molecule has 0 saturated carbocycles. The average molecular weight is 306 g/mol. The van der Waals surface area contributed by atoms with Crippen molar-refractivity contribution in [2.45, 2.75) is 32.6 Å². The molecule has 0 fully saturated rings. The Labute approximate surface area is 130 Å². The fourth-order valence-electron chi connectivity index (χ4n) is 1.68. The van der Waals surface area contributed by atoms with Gasteiger partial charge in [0.1, 0.15) is 11.5 Å². The fraction of sp³-hybridized carbons (Fsp3) is 0.412. The number of rotatable bonds is 9. The monoisotopic (exact) mass is 306 g/mol. The number of methoxy groups -OCH3 is 1. The van der Waals surface area contributed by atoms with Crippen molar-refractivity contribution in [1.29, 1.82) is 0 Å². The summed E-state index contributed by atoms with van der Waals surface area (Å²) in [6.45, 7) is 2.49. The molecule has 0 N–H and O–H groups in total. The molecule has 0 spiro atoms. The Hall–Kier alpha value is -2.30. The molecule has 22 heavy (non-hydrogen) atoms. The van der Waals surface area contributed by atoms with Gasteiger partial charge >= 0.3 is 11.9 Å². The summed E-state index contributed by atoms with van der Waals surface area (Å²) >= 11 is 0. The van der Waals surface area contributed by atoms with Crippen molar-refractivity contribution >= 4 is 11.9 Å². The second-order valence-corrected chi connectivity index (χ2v) is 4.66. The highest BCUT2D eigenvalue weighted by Gasteiger charge is 2.03. The van der Waals surface area contributed by atoms with Crippen LogP contribution in [0.3, 0.4) is 0 Å². The van der Waals surface area contributed by atoms with Crippen LogP contribution < -0.4 is 9.47 Å². The summed E-state index contributed by atoms with van der Waals surface area (Å²) in [4.78, 5) is 22.9. The van der Waals surface area contributed by atoms with E-state index in [-0.39, 0.29) is 0 Å². The summed E-state index contributed by atoms with van der Waals surface area (Å²) in [7, 11) is 1.55. The number of hydrogen-bond acceptors (Lipinski definition) is 5. The third kappa shape index (κ3) is 7.47. The van der Waals surface area contributed by atoms with Crippen LogP contribution in [-0.2, 0) is 14.3 Å². The second kappa shape index (κ2) is 10.4. The Balaban J connectivity index is 2.29. The van der Waals surface area contributed by atoms with Crippen molar-refractivity contribution in [3.63, 3.8) is 0 Å². The van der Waals surface area contributed by atoms with Gasteiger partial charge in [-0.25, -0.2) is 9.59 Å². The standard InChI is InChI=1S/C17H22O5/c1-3-4-5-6-13-21-16(18)11-12-17(19)22-15-9-7-14(20-2)8-10-15/h7-12H,3-6,13H2,1-2H3/b12-11+. The van der Waals surface area contributed by atoms with E-state index in [1.165, 1.54) is 0 Å². The minimum Gasteiger partial charge on any atom is -0.497 e. The topological polar surface area (TPSA) is 61.8 Å². The molecule has 0 heterocycles. The van der Waals surface area contributed by atoms with Crippen molar-refractivity contribution in [2.24, 2.45) is 0 Å². The Kier molecular flexibility index (Phi) is 8.42. The first-order valence-corrected chi connectivity index (χ1v) is 7.36. The highest BCUT2D eigenvalue weighted by atomic mass is 16.5. The molecule has 0 saturated heterocycles. The number of carbonyl (C=O) groups excluding carboxylic acids is 2. The van der Waals surface area contributed by atoms with Crippen LogP contribution in [0.5, 0.6) is 11.5 Å². The quantitative estimate of drug-likeness (QED) is 0.303. The highest BCUT2D eigenvalue weighted by molar-refractivity contribution is 5.92. The SMILES string of the molecule is CCCCCCOC(=O)/C=C/C(=O)Oc1ccc(OC)cc1. The third-order valence-corrected chi connectivity index (χ3v) is 2.88. The Morgan fingerprint density at radius 2 is 1.59 bits per heavy atom. The molecule has 1 aromatic rings. The maximum atomic E-state index is 11.5. The average Bonchev–Trinajstić information content (AvgIpc) is 2.53. The van der Waals surface area contributed by atoms with Crippen LogP contribution in [0.1, 0.15) is 32.6 Å². The zero-order valence-electron chi connectivity index (χ0n) is 13.0. The molecule has 0 radical (unpaired) electrons. The van der Waals surface area contributed by atoms with Crippen molar-refractivity contribution < 1.29 is 23.8 Å². The molecule has 5 heteroatoms. The molecule has 0 aliphatic heterocycles. The summed E-state index contributed by atoms with van der Waals surface area (Å²) in [5, 5.41) is 0. The van der Waals surface area contributed by atoms with E-state index in [4.69, 9.17) is 14.2 Å². The number of benzene rings is 1. The smallest absolute Gasteiger partial charge is 0.336 e. The first-order valence-electron chi connectivity index (χ1n) is 7.36. The number of carbonyl (C=O) groups is 2. The van der Waals surface area contributed by atoms with Gasteiger partial charge in [0.25, 0.3) is 0 Å². The lowest BCUT2D eigenvalue weighted by molar-refractivity contribution is -0.138. The van der Waals surface area contributed by atoms with Crippen molar-refractivity contribution in [1.82, 2.24) is 0 Å². The van der Waals surface area contributed by atoms with E-state index in [0.717, 1.165) is 37.8 Å². The molecule has 0 bridgehead atoms. The van der Waals surface area contributed by atoms with Gasteiger partial charge < -0.3 is 14.2 Å². The maximum Gasteiger partial charge on any atom is 0.336 e. The molecule has 0 amide bonds. The van der Waals surface area contributed by atoms with Crippen LogP contribution in [0, 0.1) is 0 Å². The Bertz CT molecular complexity index is 490. The van der Waals surface area contributed by atoms with Crippen LogP contribution in [0.4, 0.5) is 0 Å². The van der Waals surface area contributed by atoms with Gasteiger partial charge in [0.05, 0.1) is 13.7 Å². The number of esters is 2. The van der Waals surface area contributed by atoms with E-state index in [9.17, 15) is 9.59 Å². The maximum absolute atomic E-state index is 11.5. The van der Waals surface area contributed by atoms with Gasteiger partial charge in [0.2, 0.25) is 0 Å². The van der Waals surface area contributed by atoms with Gasteiger partial charge in [-0.15, -0.1) is 0 Å². The summed E-state index contributed by atoms with van der Waals surface area (Å²) in [6.07, 6.45) is 6.26. The van der Waals surface area contributed by atoms with Crippen LogP contribution >= 0.6 is 0 Å². The zero-order valence-corrected chi connectivity index (χ0v) is 13.0. The van der Waals surface area contributed by atoms with Crippen LogP contribution in [0.15, 0.2) is 36.4 Å². The van der Waals surface area contributed by atoms with Crippen molar-refractivity contribution in [3.8, 4) is 11.5 Å². The third-order valence-electron chi connectivity index (χ3n) is 2.88. The van der Waals surface area contributed by atoms with Gasteiger partial charge in [-0.2, -0.15) is 0 Å². The van der Waals surface area contributed by atoms with Gasteiger partial charge in [-0.1, -0.05) is 26.2 Å². The van der Waals surface area contributed by atoms with Crippen LogP contribution in [0.2, 0.25) is 0 Å². The first kappa shape index (κ1) is 17.8. The number of hydrogen-bond donors (Lipinski definition) is 0. The normalized spacial score (nSPS) is 10.5. The zero-order chi connectivity index (χ0) is 16.2. The molecule has 0 aliphatic rings. The van der Waals surface area contributed by atoms with Crippen molar-refractivity contribution in [2.75, 3.05) is 13.7 Å². The minimum atomic E-state index is -0.631. The lowest BCUT2D eigenvalue weighted by atomic mass is 10.2.